The summed E-state index contributed by atoms with van der Waals surface area (Å²) in [4.78, 5) is 4.69. The van der Waals surface area contributed by atoms with Crippen molar-refractivity contribution < 1.29 is 0 Å². The van der Waals surface area contributed by atoms with Crippen molar-refractivity contribution in [3.8, 4) is 0 Å². The molecule has 0 N–H and O–H groups in total. The van der Waals surface area contributed by atoms with E-state index in [2.05, 4.69) is 151 Å². The average molecular weight is 443 g/mol. The maximum atomic E-state index is 2.37. The molecule has 0 radical (unpaired) electrons. The van der Waals surface area contributed by atoms with Gasteiger partial charge < -0.3 is 9.80 Å². The molecule has 2 heteroatoms. The predicted octanol–water partition coefficient (Wildman–Crippen LogP) is 9.08. The second-order valence-electron chi connectivity index (χ2n) is 8.91. The van der Waals surface area contributed by atoms with Crippen LogP contribution in [-0.4, -0.2) is 0 Å². The summed E-state index contributed by atoms with van der Waals surface area (Å²) >= 11 is 0. The minimum atomic E-state index is 0.570. The summed E-state index contributed by atoms with van der Waals surface area (Å²) < 4.78 is 0. The van der Waals surface area contributed by atoms with Gasteiger partial charge in [-0.3, -0.25) is 0 Å². The molecule has 4 aromatic rings. The molecule has 0 fully saturated rings. The molecule has 0 spiro atoms. The van der Waals surface area contributed by atoms with Gasteiger partial charge in [-0.1, -0.05) is 73.7 Å². The Hall–Kier alpha value is -4.04. The van der Waals surface area contributed by atoms with Crippen molar-refractivity contribution in [1.82, 2.24) is 0 Å². The summed E-state index contributed by atoms with van der Waals surface area (Å²) in [6.45, 7) is 4.44. The molecule has 0 bridgehead atoms. The van der Waals surface area contributed by atoms with Crippen molar-refractivity contribution >= 4 is 28.4 Å². The first-order chi connectivity index (χ1) is 16.7. The third-order valence-electron chi connectivity index (χ3n) is 6.16. The Morgan fingerprint density at radius 2 is 1.06 bits per heavy atom. The maximum absolute atomic E-state index is 2.37. The van der Waals surface area contributed by atoms with Gasteiger partial charge in [-0.25, -0.2) is 0 Å². The van der Waals surface area contributed by atoms with E-state index < -0.39 is 0 Å². The summed E-state index contributed by atoms with van der Waals surface area (Å²) in [7, 11) is 0. The van der Waals surface area contributed by atoms with Gasteiger partial charge in [0, 0.05) is 34.1 Å². The molecule has 0 saturated heterocycles. The first kappa shape index (κ1) is 21.8. The number of anilines is 5. The van der Waals surface area contributed by atoms with E-state index in [9.17, 15) is 0 Å². The van der Waals surface area contributed by atoms with Crippen LogP contribution < -0.4 is 9.80 Å². The Labute approximate surface area is 203 Å². The second kappa shape index (κ2) is 9.84. The fourth-order valence-electron chi connectivity index (χ4n) is 4.51. The number of para-hydroxylation sites is 3. The number of hydrogen-bond acceptors (Lipinski definition) is 2. The lowest BCUT2D eigenvalue weighted by Crippen LogP contribution is -2.18. The Balaban J connectivity index is 1.66. The van der Waals surface area contributed by atoms with E-state index in [1.165, 1.54) is 11.3 Å². The number of aryl methyl sites for hydroxylation is 1. The lowest BCUT2D eigenvalue weighted by Gasteiger charge is -2.31. The number of benzene rings is 4. The van der Waals surface area contributed by atoms with Crippen LogP contribution in [0.1, 0.15) is 18.9 Å². The molecule has 0 saturated carbocycles. The van der Waals surface area contributed by atoms with E-state index in [0.29, 0.717) is 5.92 Å². The summed E-state index contributed by atoms with van der Waals surface area (Å²) in [6, 6.07) is 38.6. The second-order valence-corrected chi connectivity index (χ2v) is 8.91. The van der Waals surface area contributed by atoms with Crippen molar-refractivity contribution in [1.29, 1.82) is 0 Å². The molecule has 2 nitrogen and oxygen atoms in total. The van der Waals surface area contributed by atoms with E-state index in [1.54, 1.807) is 0 Å². The zero-order valence-corrected chi connectivity index (χ0v) is 19.8. The first-order valence-electron chi connectivity index (χ1n) is 11.9. The predicted molar refractivity (Wildman–Crippen MR) is 145 cm³/mol. The Morgan fingerprint density at radius 3 is 1.53 bits per heavy atom. The molecule has 34 heavy (non-hydrogen) atoms. The van der Waals surface area contributed by atoms with Crippen LogP contribution in [0.3, 0.4) is 0 Å². The number of allylic oxidation sites excluding steroid dienone is 3. The molecule has 1 aliphatic rings. The minimum Gasteiger partial charge on any atom is -0.311 e. The summed E-state index contributed by atoms with van der Waals surface area (Å²) in [5, 5.41) is 0. The topological polar surface area (TPSA) is 6.48 Å². The van der Waals surface area contributed by atoms with Crippen molar-refractivity contribution in [2.75, 3.05) is 9.80 Å². The lowest BCUT2D eigenvalue weighted by atomic mass is 10.00. The molecule has 168 valence electrons. The highest BCUT2D eigenvalue weighted by molar-refractivity contribution is 5.81. The standard InChI is InChI=1S/C32H30N2/c1-25-18-20-30(21-19-25)34(29-16-10-5-11-17-29)32-23-26(2)22-31(24-32)33(27-12-6-3-7-13-27)28-14-8-4-9-15-28/h3-18,20-25H,19H2,1-2H3. The van der Waals surface area contributed by atoms with Gasteiger partial charge in [-0.15, -0.1) is 0 Å². The molecule has 0 aromatic heterocycles. The fraction of sp³-hybridized carbons (Fsp3) is 0.125. The molecular formula is C32H30N2. The largest absolute Gasteiger partial charge is 0.311 e. The summed E-state index contributed by atoms with van der Waals surface area (Å²) in [6.07, 6.45) is 7.97. The van der Waals surface area contributed by atoms with Gasteiger partial charge in [0.25, 0.3) is 0 Å². The Morgan fingerprint density at radius 1 is 0.588 bits per heavy atom. The van der Waals surface area contributed by atoms with Crippen LogP contribution in [0.2, 0.25) is 0 Å². The van der Waals surface area contributed by atoms with Crippen LogP contribution in [0.4, 0.5) is 28.4 Å². The van der Waals surface area contributed by atoms with Crippen molar-refractivity contribution in [3.63, 3.8) is 0 Å². The van der Waals surface area contributed by atoms with Gasteiger partial charge in [0.1, 0.15) is 0 Å². The average Bonchev–Trinajstić information content (AvgIpc) is 2.87. The Kier molecular flexibility index (Phi) is 6.31. The summed E-state index contributed by atoms with van der Waals surface area (Å²) in [5.74, 6) is 0.570. The van der Waals surface area contributed by atoms with Gasteiger partial charge in [0.2, 0.25) is 0 Å². The molecule has 0 amide bonds. The molecule has 0 aliphatic heterocycles. The lowest BCUT2D eigenvalue weighted by molar-refractivity contribution is 0.728. The molecule has 5 rings (SSSR count). The summed E-state index contributed by atoms with van der Waals surface area (Å²) in [5.41, 5.74) is 8.18. The third-order valence-corrected chi connectivity index (χ3v) is 6.16. The van der Waals surface area contributed by atoms with Crippen LogP contribution in [-0.2, 0) is 0 Å². The van der Waals surface area contributed by atoms with Crippen LogP contribution in [0.5, 0.6) is 0 Å². The van der Waals surface area contributed by atoms with Crippen LogP contribution in [0.15, 0.2) is 133 Å². The first-order valence-corrected chi connectivity index (χ1v) is 11.9. The molecule has 1 atom stereocenters. The van der Waals surface area contributed by atoms with Crippen LogP contribution in [0.25, 0.3) is 0 Å². The molecule has 1 aliphatic carbocycles. The Bertz CT molecular complexity index is 1250. The van der Waals surface area contributed by atoms with E-state index in [0.717, 1.165) is 34.9 Å². The van der Waals surface area contributed by atoms with E-state index in [4.69, 9.17) is 0 Å². The minimum absolute atomic E-state index is 0.570. The van der Waals surface area contributed by atoms with Crippen molar-refractivity contribution in [2.45, 2.75) is 20.3 Å². The van der Waals surface area contributed by atoms with Gasteiger partial charge in [-0.05, 0) is 85.5 Å². The fourth-order valence-corrected chi connectivity index (χ4v) is 4.51. The van der Waals surface area contributed by atoms with Gasteiger partial charge in [0.05, 0.1) is 0 Å². The van der Waals surface area contributed by atoms with E-state index in [-0.39, 0.29) is 0 Å². The highest BCUT2D eigenvalue weighted by Gasteiger charge is 2.19. The van der Waals surface area contributed by atoms with Crippen molar-refractivity contribution in [3.05, 3.63) is 139 Å². The monoisotopic (exact) mass is 442 g/mol. The highest BCUT2D eigenvalue weighted by Crippen LogP contribution is 2.40. The highest BCUT2D eigenvalue weighted by atomic mass is 15.2. The normalized spacial score (nSPS) is 15.0. The zero-order valence-electron chi connectivity index (χ0n) is 19.8. The number of rotatable bonds is 6. The van der Waals surface area contributed by atoms with E-state index in [1.807, 2.05) is 0 Å². The van der Waals surface area contributed by atoms with Gasteiger partial charge in [-0.2, -0.15) is 0 Å². The zero-order chi connectivity index (χ0) is 23.3. The van der Waals surface area contributed by atoms with E-state index >= 15 is 0 Å². The van der Waals surface area contributed by atoms with Crippen LogP contribution in [0, 0.1) is 12.8 Å². The third kappa shape index (κ3) is 4.67. The number of hydrogen-bond donors (Lipinski definition) is 0. The molecule has 4 aromatic carbocycles. The van der Waals surface area contributed by atoms with Gasteiger partial charge in [0.15, 0.2) is 0 Å². The molecule has 1 unspecified atom stereocenters. The quantitative estimate of drug-likeness (QED) is 0.294. The smallest absolute Gasteiger partial charge is 0.0485 e. The molecule has 0 heterocycles. The number of nitrogens with zero attached hydrogens (tertiary/aromatic N) is 2. The maximum Gasteiger partial charge on any atom is 0.0485 e. The van der Waals surface area contributed by atoms with Crippen molar-refractivity contribution in [2.24, 2.45) is 5.92 Å². The van der Waals surface area contributed by atoms with Crippen LogP contribution >= 0.6 is 0 Å². The van der Waals surface area contributed by atoms with Gasteiger partial charge >= 0.3 is 0 Å². The SMILES string of the molecule is Cc1cc(N(C2=CCC(C)C=C2)c2ccccc2)cc(N(c2ccccc2)c2ccccc2)c1. The molecular weight excluding hydrogens is 412 g/mol.